The second-order valence-corrected chi connectivity index (χ2v) is 2.62. The van der Waals surface area contributed by atoms with Crippen LogP contribution >= 0.6 is 0 Å². The molecule has 2 radical (unpaired) electrons. The van der Waals surface area contributed by atoms with Crippen LogP contribution in [0.15, 0.2) is 0 Å². The first kappa shape index (κ1) is 9.92. The van der Waals surface area contributed by atoms with Gasteiger partial charge in [0.25, 0.3) is 0 Å². The van der Waals surface area contributed by atoms with Crippen molar-refractivity contribution in [2.24, 2.45) is 0 Å². The lowest BCUT2D eigenvalue weighted by Gasteiger charge is -1.97. The molecule has 2 N–H and O–H groups in total. The van der Waals surface area contributed by atoms with Gasteiger partial charge >= 0.3 is 0 Å². The van der Waals surface area contributed by atoms with Gasteiger partial charge in [-0.1, -0.05) is 25.7 Å². The van der Waals surface area contributed by atoms with Crippen LogP contribution < -0.4 is 11.5 Å². The van der Waals surface area contributed by atoms with Crippen molar-refractivity contribution >= 4 is 0 Å². The van der Waals surface area contributed by atoms with Crippen molar-refractivity contribution in [2.45, 2.75) is 38.5 Å². The lowest BCUT2D eigenvalue weighted by molar-refractivity contribution is 0.597. The van der Waals surface area contributed by atoms with Gasteiger partial charge in [0.05, 0.1) is 0 Å². The normalized spacial score (nSPS) is 10.2. The van der Waals surface area contributed by atoms with Crippen LogP contribution in [-0.4, -0.2) is 13.1 Å². The van der Waals surface area contributed by atoms with Crippen LogP contribution in [0.2, 0.25) is 0 Å². The highest BCUT2D eigenvalue weighted by Crippen LogP contribution is 2.03. The predicted molar refractivity (Wildman–Crippen MR) is 43.6 cm³/mol. The summed E-state index contributed by atoms with van der Waals surface area (Å²) in [6.45, 7) is 1.16. The summed E-state index contributed by atoms with van der Waals surface area (Å²) in [5, 5.41) is 0. The van der Waals surface area contributed by atoms with Crippen LogP contribution in [-0.2, 0) is 0 Å². The van der Waals surface area contributed by atoms with Gasteiger partial charge in [0.2, 0.25) is 0 Å². The summed E-state index contributed by atoms with van der Waals surface area (Å²) in [5.41, 5.74) is 13.8. The van der Waals surface area contributed by atoms with E-state index in [2.05, 4.69) is 0 Å². The third-order valence-electron chi connectivity index (χ3n) is 1.60. The highest BCUT2D eigenvalue weighted by atomic mass is 14.5. The van der Waals surface area contributed by atoms with E-state index in [4.69, 9.17) is 11.5 Å². The average molecular weight is 142 g/mol. The van der Waals surface area contributed by atoms with Crippen molar-refractivity contribution in [1.82, 2.24) is 11.5 Å². The first-order valence-electron chi connectivity index (χ1n) is 4.21. The fourth-order valence-corrected chi connectivity index (χ4v) is 0.957. The number of nitrogens with one attached hydrogen (secondary N) is 2. The molecule has 0 fully saturated rings. The van der Waals surface area contributed by atoms with E-state index in [1.807, 2.05) is 0 Å². The highest BCUT2D eigenvalue weighted by molar-refractivity contribution is 4.45. The Balaban J connectivity index is 2.65. The van der Waals surface area contributed by atoms with E-state index < -0.39 is 0 Å². The van der Waals surface area contributed by atoms with Gasteiger partial charge in [-0.15, -0.1) is 0 Å². The van der Waals surface area contributed by atoms with E-state index >= 15 is 0 Å². The van der Waals surface area contributed by atoms with Gasteiger partial charge in [-0.25, -0.2) is 0 Å². The molecule has 0 saturated heterocycles. The summed E-state index contributed by atoms with van der Waals surface area (Å²) in [6.07, 6.45) is 7.06. The van der Waals surface area contributed by atoms with Crippen molar-refractivity contribution < 1.29 is 0 Å². The maximum Gasteiger partial charge on any atom is 0.00997 e. The Morgan fingerprint density at radius 1 is 0.500 bits per heavy atom. The van der Waals surface area contributed by atoms with E-state index in [1.54, 1.807) is 0 Å². The van der Waals surface area contributed by atoms with Crippen molar-refractivity contribution in [2.75, 3.05) is 13.1 Å². The summed E-state index contributed by atoms with van der Waals surface area (Å²) in [5.74, 6) is 0. The minimum atomic E-state index is 0.582. The minimum Gasteiger partial charge on any atom is -0.258 e. The summed E-state index contributed by atoms with van der Waals surface area (Å²) >= 11 is 0. The van der Waals surface area contributed by atoms with Crippen LogP contribution in [0.3, 0.4) is 0 Å². The molecule has 0 aromatic carbocycles. The Morgan fingerprint density at radius 2 is 0.800 bits per heavy atom. The molecule has 2 heteroatoms. The molecule has 60 valence electrons. The van der Waals surface area contributed by atoms with Gasteiger partial charge in [-0.3, -0.25) is 11.5 Å². The van der Waals surface area contributed by atoms with E-state index in [-0.39, 0.29) is 0 Å². The third kappa shape index (κ3) is 7.92. The summed E-state index contributed by atoms with van der Waals surface area (Å²) in [7, 11) is 0. The summed E-state index contributed by atoms with van der Waals surface area (Å²) < 4.78 is 0. The zero-order valence-electron chi connectivity index (χ0n) is 6.66. The van der Waals surface area contributed by atoms with E-state index in [0.717, 1.165) is 12.8 Å². The second-order valence-electron chi connectivity index (χ2n) is 2.62. The molecule has 0 atom stereocenters. The highest BCUT2D eigenvalue weighted by Gasteiger charge is 1.88. The molecule has 0 amide bonds. The zero-order chi connectivity index (χ0) is 7.66. The average Bonchev–Trinajstić information content (AvgIpc) is 1.97. The molecule has 0 aliphatic carbocycles. The molecule has 10 heavy (non-hydrogen) atoms. The van der Waals surface area contributed by atoms with Crippen molar-refractivity contribution in [3.05, 3.63) is 0 Å². The van der Waals surface area contributed by atoms with Crippen molar-refractivity contribution in [1.29, 1.82) is 0 Å². The first-order valence-corrected chi connectivity index (χ1v) is 4.21. The van der Waals surface area contributed by atoms with E-state index in [1.165, 1.54) is 25.7 Å². The van der Waals surface area contributed by atoms with Crippen LogP contribution in [0.25, 0.3) is 0 Å². The molecule has 0 heterocycles. The number of hydrogen-bond acceptors (Lipinski definition) is 0. The first-order chi connectivity index (χ1) is 4.91. The third-order valence-corrected chi connectivity index (χ3v) is 1.60. The van der Waals surface area contributed by atoms with Crippen LogP contribution in [0.4, 0.5) is 0 Å². The minimum absolute atomic E-state index is 0.582. The predicted octanol–water partition coefficient (Wildman–Crippen LogP) is 1.89. The smallest absolute Gasteiger partial charge is 0.00997 e. The number of rotatable bonds is 7. The van der Waals surface area contributed by atoms with E-state index in [9.17, 15) is 0 Å². The number of unbranched alkanes of at least 4 members (excludes halogenated alkanes) is 5. The number of hydrogen-bond donors (Lipinski definition) is 0. The van der Waals surface area contributed by atoms with Gasteiger partial charge in [-0.05, 0) is 12.8 Å². The van der Waals surface area contributed by atoms with Gasteiger partial charge in [-0.2, -0.15) is 0 Å². The van der Waals surface area contributed by atoms with Gasteiger partial charge in [0, 0.05) is 13.1 Å². The van der Waals surface area contributed by atoms with Crippen LogP contribution in [0.5, 0.6) is 0 Å². The Labute approximate surface area is 64.0 Å². The molecule has 0 aromatic rings. The molecule has 0 unspecified atom stereocenters. The maximum atomic E-state index is 6.89. The van der Waals surface area contributed by atoms with E-state index in [0.29, 0.717) is 13.1 Å². The molecule has 0 saturated carbocycles. The lowest BCUT2D eigenvalue weighted by Crippen LogP contribution is -1.87. The van der Waals surface area contributed by atoms with Crippen molar-refractivity contribution in [3.8, 4) is 0 Å². The molecule has 0 aliphatic rings. The lowest BCUT2D eigenvalue weighted by atomic mass is 10.1. The van der Waals surface area contributed by atoms with Gasteiger partial charge < -0.3 is 0 Å². The molecular weight excluding hydrogens is 124 g/mol. The summed E-state index contributed by atoms with van der Waals surface area (Å²) in [4.78, 5) is 0. The summed E-state index contributed by atoms with van der Waals surface area (Å²) in [6, 6.07) is 0. The Kier molecular flexibility index (Phi) is 8.85. The molecular formula is C8H18N2. The van der Waals surface area contributed by atoms with Gasteiger partial charge in [0.1, 0.15) is 0 Å². The fraction of sp³-hybridized carbons (Fsp3) is 1.00. The molecule has 2 nitrogen and oxygen atoms in total. The Hall–Kier alpha value is -0.0800. The fourth-order valence-electron chi connectivity index (χ4n) is 0.957. The maximum absolute atomic E-state index is 6.89. The Bertz CT molecular complexity index is 47.2. The van der Waals surface area contributed by atoms with Crippen molar-refractivity contribution in [3.63, 3.8) is 0 Å². The topological polar surface area (TPSA) is 47.6 Å². The quantitative estimate of drug-likeness (QED) is 0.487. The monoisotopic (exact) mass is 142 g/mol. The zero-order valence-corrected chi connectivity index (χ0v) is 6.66. The molecule has 0 bridgehead atoms. The van der Waals surface area contributed by atoms with Crippen LogP contribution in [0.1, 0.15) is 38.5 Å². The largest absolute Gasteiger partial charge is 0.258 e. The Morgan fingerprint density at radius 3 is 1.10 bits per heavy atom. The van der Waals surface area contributed by atoms with Gasteiger partial charge in [0.15, 0.2) is 0 Å². The molecule has 0 spiro atoms. The molecule has 0 aromatic heterocycles. The molecule has 0 rings (SSSR count). The standard InChI is InChI=1S/C8H18N2/c9-7-5-3-1-2-4-6-8-10/h9-10H,1-8H2. The van der Waals surface area contributed by atoms with Crippen LogP contribution in [0, 0.1) is 0 Å². The molecule has 0 aliphatic heterocycles. The SMILES string of the molecule is [NH]CCCCCCCC[NH]. The second kappa shape index (κ2) is 8.92.